The molecule has 0 unspecified atom stereocenters. The average molecular weight is 303 g/mol. The van der Waals surface area contributed by atoms with Gasteiger partial charge in [-0.25, -0.2) is 0 Å². The highest BCUT2D eigenvalue weighted by molar-refractivity contribution is 5.76. The van der Waals surface area contributed by atoms with E-state index in [4.69, 9.17) is 9.26 Å². The van der Waals surface area contributed by atoms with Crippen LogP contribution in [-0.2, 0) is 17.8 Å². The van der Waals surface area contributed by atoms with Crippen molar-refractivity contribution < 1.29 is 14.1 Å². The molecule has 0 aliphatic rings. The van der Waals surface area contributed by atoms with Crippen LogP contribution in [-0.4, -0.2) is 23.2 Å². The number of amides is 1. The highest BCUT2D eigenvalue weighted by Gasteiger charge is 2.11. The van der Waals surface area contributed by atoms with Crippen LogP contribution in [0.3, 0.4) is 0 Å². The predicted molar refractivity (Wildman–Crippen MR) is 81.5 cm³/mol. The van der Waals surface area contributed by atoms with Crippen molar-refractivity contribution in [2.24, 2.45) is 0 Å². The Bertz CT molecular complexity index is 623. The van der Waals surface area contributed by atoms with Gasteiger partial charge in [-0.1, -0.05) is 31.1 Å². The molecule has 0 fully saturated rings. The number of nitrogens with zero attached hydrogens (tertiary/aromatic N) is 2. The van der Waals surface area contributed by atoms with E-state index in [1.54, 1.807) is 7.11 Å². The Morgan fingerprint density at radius 2 is 2.23 bits per heavy atom. The summed E-state index contributed by atoms with van der Waals surface area (Å²) in [6.45, 7) is 4.46. The molecule has 0 aliphatic carbocycles. The molecule has 6 nitrogen and oxygen atoms in total. The third-order valence-electron chi connectivity index (χ3n) is 3.19. The van der Waals surface area contributed by atoms with Crippen LogP contribution in [0.1, 0.15) is 43.5 Å². The molecule has 1 aromatic carbocycles. The second-order valence-electron chi connectivity index (χ2n) is 5.33. The SMILES string of the molecule is COc1cccc(CNC(=O)CCc2nc(C(C)C)no2)c1. The summed E-state index contributed by atoms with van der Waals surface area (Å²) in [5, 5.41) is 6.74. The van der Waals surface area contributed by atoms with Crippen LogP contribution in [0.2, 0.25) is 0 Å². The Labute approximate surface area is 129 Å². The molecule has 2 rings (SSSR count). The predicted octanol–water partition coefficient (Wildman–Crippen LogP) is 2.45. The van der Waals surface area contributed by atoms with Gasteiger partial charge in [0, 0.05) is 25.3 Å². The van der Waals surface area contributed by atoms with Crippen molar-refractivity contribution >= 4 is 5.91 Å². The van der Waals surface area contributed by atoms with Crippen LogP contribution >= 0.6 is 0 Å². The molecule has 1 aromatic heterocycles. The number of benzene rings is 1. The minimum absolute atomic E-state index is 0.0490. The molecule has 0 aliphatic heterocycles. The Morgan fingerprint density at radius 1 is 1.41 bits per heavy atom. The zero-order chi connectivity index (χ0) is 15.9. The lowest BCUT2D eigenvalue weighted by molar-refractivity contribution is -0.121. The summed E-state index contributed by atoms with van der Waals surface area (Å²) in [5.74, 6) is 2.12. The van der Waals surface area contributed by atoms with E-state index in [0.717, 1.165) is 11.3 Å². The van der Waals surface area contributed by atoms with Crippen LogP contribution in [0.5, 0.6) is 5.75 Å². The summed E-state index contributed by atoms with van der Waals surface area (Å²) in [6.07, 6.45) is 0.771. The lowest BCUT2D eigenvalue weighted by Gasteiger charge is -2.06. The lowest BCUT2D eigenvalue weighted by Crippen LogP contribution is -2.23. The van der Waals surface area contributed by atoms with Gasteiger partial charge < -0.3 is 14.6 Å². The van der Waals surface area contributed by atoms with Crippen LogP contribution in [0, 0.1) is 0 Å². The molecule has 1 N–H and O–H groups in total. The quantitative estimate of drug-likeness (QED) is 0.850. The van der Waals surface area contributed by atoms with E-state index in [9.17, 15) is 4.79 Å². The molecule has 0 atom stereocenters. The van der Waals surface area contributed by atoms with E-state index < -0.39 is 0 Å². The number of nitrogens with one attached hydrogen (secondary N) is 1. The number of ether oxygens (including phenoxy) is 1. The summed E-state index contributed by atoms with van der Waals surface area (Å²) in [7, 11) is 1.62. The van der Waals surface area contributed by atoms with Gasteiger partial charge in [-0.05, 0) is 17.7 Å². The number of aryl methyl sites for hydroxylation is 1. The topological polar surface area (TPSA) is 77.2 Å². The summed E-state index contributed by atoms with van der Waals surface area (Å²) < 4.78 is 10.3. The fourth-order valence-corrected chi connectivity index (χ4v) is 1.90. The van der Waals surface area contributed by atoms with Gasteiger partial charge in [0.25, 0.3) is 0 Å². The second kappa shape index (κ2) is 7.59. The molecule has 1 amide bonds. The number of carbonyl (C=O) groups is 1. The molecule has 22 heavy (non-hydrogen) atoms. The smallest absolute Gasteiger partial charge is 0.227 e. The normalized spacial score (nSPS) is 10.7. The van der Waals surface area contributed by atoms with Crippen molar-refractivity contribution in [2.45, 2.75) is 39.2 Å². The maximum Gasteiger partial charge on any atom is 0.227 e. The molecular weight excluding hydrogens is 282 g/mol. The summed E-state index contributed by atoms with van der Waals surface area (Å²) in [4.78, 5) is 16.1. The van der Waals surface area contributed by atoms with E-state index in [2.05, 4.69) is 15.5 Å². The number of carbonyl (C=O) groups excluding carboxylic acids is 1. The highest BCUT2D eigenvalue weighted by atomic mass is 16.5. The monoisotopic (exact) mass is 303 g/mol. The van der Waals surface area contributed by atoms with Crippen molar-refractivity contribution in [1.29, 1.82) is 0 Å². The van der Waals surface area contributed by atoms with E-state index in [1.807, 2.05) is 38.1 Å². The minimum Gasteiger partial charge on any atom is -0.497 e. The van der Waals surface area contributed by atoms with Crippen molar-refractivity contribution in [3.8, 4) is 5.75 Å². The Hall–Kier alpha value is -2.37. The molecule has 6 heteroatoms. The average Bonchev–Trinajstić information content (AvgIpc) is 3.00. The van der Waals surface area contributed by atoms with Crippen LogP contribution in [0.15, 0.2) is 28.8 Å². The fourth-order valence-electron chi connectivity index (χ4n) is 1.90. The van der Waals surface area contributed by atoms with Gasteiger partial charge in [0.1, 0.15) is 5.75 Å². The number of hydrogen-bond acceptors (Lipinski definition) is 5. The molecule has 118 valence electrons. The van der Waals surface area contributed by atoms with E-state index >= 15 is 0 Å². The van der Waals surface area contributed by atoms with Crippen molar-refractivity contribution in [1.82, 2.24) is 15.5 Å². The maximum absolute atomic E-state index is 11.9. The zero-order valence-electron chi connectivity index (χ0n) is 13.1. The molecule has 0 radical (unpaired) electrons. The van der Waals surface area contributed by atoms with Gasteiger partial charge in [0.2, 0.25) is 11.8 Å². The summed E-state index contributed by atoms with van der Waals surface area (Å²) >= 11 is 0. The number of aromatic nitrogens is 2. The second-order valence-corrected chi connectivity index (χ2v) is 5.33. The van der Waals surface area contributed by atoms with Crippen LogP contribution in [0.25, 0.3) is 0 Å². The van der Waals surface area contributed by atoms with Gasteiger partial charge >= 0.3 is 0 Å². The molecule has 0 bridgehead atoms. The highest BCUT2D eigenvalue weighted by Crippen LogP contribution is 2.13. The van der Waals surface area contributed by atoms with E-state index in [0.29, 0.717) is 31.1 Å². The third-order valence-corrected chi connectivity index (χ3v) is 3.19. The first-order chi connectivity index (χ1) is 10.6. The van der Waals surface area contributed by atoms with Gasteiger partial charge in [-0.2, -0.15) is 4.98 Å². The number of hydrogen-bond donors (Lipinski definition) is 1. The Balaban J connectivity index is 1.77. The van der Waals surface area contributed by atoms with E-state index in [-0.39, 0.29) is 11.8 Å². The first-order valence-corrected chi connectivity index (χ1v) is 7.30. The third kappa shape index (κ3) is 4.58. The number of rotatable bonds is 7. The first kappa shape index (κ1) is 16.0. The summed E-state index contributed by atoms with van der Waals surface area (Å²) in [5.41, 5.74) is 0.993. The van der Waals surface area contributed by atoms with Gasteiger partial charge in [0.15, 0.2) is 5.82 Å². The fraction of sp³-hybridized carbons (Fsp3) is 0.438. The molecule has 0 spiro atoms. The van der Waals surface area contributed by atoms with Crippen LogP contribution in [0.4, 0.5) is 0 Å². The summed E-state index contributed by atoms with van der Waals surface area (Å²) in [6, 6.07) is 7.60. The first-order valence-electron chi connectivity index (χ1n) is 7.30. The minimum atomic E-state index is -0.0490. The maximum atomic E-state index is 11.9. The van der Waals surface area contributed by atoms with Gasteiger partial charge in [0.05, 0.1) is 7.11 Å². The standard InChI is InChI=1S/C16H21N3O3/c1-11(2)16-18-15(22-19-16)8-7-14(20)17-10-12-5-4-6-13(9-12)21-3/h4-6,9,11H,7-8,10H2,1-3H3,(H,17,20). The van der Waals surface area contributed by atoms with Gasteiger partial charge in [-0.3, -0.25) is 4.79 Å². The Morgan fingerprint density at radius 3 is 2.91 bits per heavy atom. The molecule has 1 heterocycles. The largest absolute Gasteiger partial charge is 0.497 e. The molecule has 0 saturated carbocycles. The molecular formula is C16H21N3O3. The van der Waals surface area contributed by atoms with E-state index in [1.165, 1.54) is 0 Å². The molecule has 0 saturated heterocycles. The lowest BCUT2D eigenvalue weighted by atomic mass is 10.2. The van der Waals surface area contributed by atoms with Gasteiger partial charge in [-0.15, -0.1) is 0 Å². The van der Waals surface area contributed by atoms with Crippen molar-refractivity contribution in [2.75, 3.05) is 7.11 Å². The van der Waals surface area contributed by atoms with Crippen molar-refractivity contribution in [3.63, 3.8) is 0 Å². The number of methoxy groups -OCH3 is 1. The molecule has 2 aromatic rings. The Kier molecular flexibility index (Phi) is 5.52. The zero-order valence-corrected chi connectivity index (χ0v) is 13.1. The van der Waals surface area contributed by atoms with Crippen LogP contribution < -0.4 is 10.1 Å². The van der Waals surface area contributed by atoms with Crippen molar-refractivity contribution in [3.05, 3.63) is 41.5 Å².